The molecule has 1 aromatic rings. The molecule has 0 saturated carbocycles. The number of hydrogen-bond donors (Lipinski definition) is 0. The smallest absolute Gasteiger partial charge is 0.256 e. The SMILES string of the molecule is COc1cc(Cl)c(F)cc1C(=O)Cl. The Kier molecular flexibility index (Phi) is 3.12. The molecular weight excluding hydrogens is 218 g/mol. The van der Waals surface area contributed by atoms with Crippen LogP contribution in [0.25, 0.3) is 0 Å². The molecule has 0 bridgehead atoms. The highest BCUT2D eigenvalue weighted by atomic mass is 35.5. The van der Waals surface area contributed by atoms with E-state index in [4.69, 9.17) is 27.9 Å². The fraction of sp³-hybridized carbons (Fsp3) is 0.125. The number of benzene rings is 1. The number of halogens is 3. The maximum absolute atomic E-state index is 12.9. The third kappa shape index (κ3) is 2.11. The molecule has 1 rings (SSSR count). The second kappa shape index (κ2) is 3.94. The first-order valence-corrected chi connectivity index (χ1v) is 4.04. The van der Waals surface area contributed by atoms with E-state index >= 15 is 0 Å². The Hall–Kier alpha value is -0.800. The Bertz CT molecular complexity index is 352. The van der Waals surface area contributed by atoms with E-state index in [1.807, 2.05) is 0 Å². The minimum Gasteiger partial charge on any atom is -0.496 e. The van der Waals surface area contributed by atoms with Crippen LogP contribution < -0.4 is 4.74 Å². The van der Waals surface area contributed by atoms with Crippen LogP contribution in [0.3, 0.4) is 0 Å². The molecule has 0 radical (unpaired) electrons. The maximum Gasteiger partial charge on any atom is 0.256 e. The van der Waals surface area contributed by atoms with Gasteiger partial charge in [-0.15, -0.1) is 0 Å². The number of rotatable bonds is 2. The normalized spacial score (nSPS) is 9.85. The fourth-order valence-electron chi connectivity index (χ4n) is 0.851. The molecule has 13 heavy (non-hydrogen) atoms. The molecule has 70 valence electrons. The number of carbonyl (C=O) groups excluding carboxylic acids is 1. The number of hydrogen-bond acceptors (Lipinski definition) is 2. The van der Waals surface area contributed by atoms with Crippen molar-refractivity contribution in [1.82, 2.24) is 0 Å². The van der Waals surface area contributed by atoms with Gasteiger partial charge >= 0.3 is 0 Å². The summed E-state index contributed by atoms with van der Waals surface area (Å²) >= 11 is 10.6. The molecule has 0 aliphatic carbocycles. The summed E-state index contributed by atoms with van der Waals surface area (Å²) in [5.41, 5.74) is -0.0360. The zero-order valence-corrected chi connectivity index (χ0v) is 8.12. The summed E-state index contributed by atoms with van der Waals surface area (Å²) in [5.74, 6) is -0.544. The van der Waals surface area contributed by atoms with Gasteiger partial charge in [-0.1, -0.05) is 11.6 Å². The van der Waals surface area contributed by atoms with Crippen molar-refractivity contribution >= 4 is 28.4 Å². The van der Waals surface area contributed by atoms with Crippen molar-refractivity contribution in [1.29, 1.82) is 0 Å². The Balaban J connectivity index is 3.33. The number of carbonyl (C=O) groups is 1. The van der Waals surface area contributed by atoms with Crippen molar-refractivity contribution in [2.45, 2.75) is 0 Å². The van der Waals surface area contributed by atoms with Crippen molar-refractivity contribution in [3.05, 3.63) is 28.5 Å². The highest BCUT2D eigenvalue weighted by Crippen LogP contribution is 2.27. The maximum atomic E-state index is 12.9. The number of methoxy groups -OCH3 is 1. The van der Waals surface area contributed by atoms with Crippen LogP contribution in [0.5, 0.6) is 5.75 Å². The van der Waals surface area contributed by atoms with Gasteiger partial charge in [-0.05, 0) is 17.7 Å². The van der Waals surface area contributed by atoms with E-state index in [2.05, 4.69) is 0 Å². The second-order valence-corrected chi connectivity index (χ2v) is 2.99. The van der Waals surface area contributed by atoms with Gasteiger partial charge in [-0.2, -0.15) is 0 Å². The molecule has 0 unspecified atom stereocenters. The van der Waals surface area contributed by atoms with E-state index in [0.717, 1.165) is 6.07 Å². The molecular formula is C8H5Cl2FO2. The van der Waals surface area contributed by atoms with Crippen molar-refractivity contribution in [3.63, 3.8) is 0 Å². The van der Waals surface area contributed by atoms with Crippen molar-refractivity contribution in [2.24, 2.45) is 0 Å². The highest BCUT2D eigenvalue weighted by molar-refractivity contribution is 6.68. The minimum atomic E-state index is -0.785. The molecule has 5 heteroatoms. The monoisotopic (exact) mass is 222 g/mol. The molecule has 0 N–H and O–H groups in total. The van der Waals surface area contributed by atoms with Gasteiger partial charge in [0.05, 0.1) is 17.7 Å². The Labute approximate surface area is 84.2 Å². The van der Waals surface area contributed by atoms with E-state index in [1.54, 1.807) is 0 Å². The fourth-order valence-corrected chi connectivity index (χ4v) is 1.15. The van der Waals surface area contributed by atoms with Gasteiger partial charge in [0.25, 0.3) is 5.24 Å². The third-order valence-electron chi connectivity index (χ3n) is 1.45. The molecule has 0 heterocycles. The largest absolute Gasteiger partial charge is 0.496 e. The quantitative estimate of drug-likeness (QED) is 0.720. The van der Waals surface area contributed by atoms with E-state index < -0.39 is 11.1 Å². The van der Waals surface area contributed by atoms with Crippen molar-refractivity contribution in [3.8, 4) is 5.75 Å². The van der Waals surface area contributed by atoms with Crippen LogP contribution in [-0.4, -0.2) is 12.4 Å². The lowest BCUT2D eigenvalue weighted by Crippen LogP contribution is -1.96. The molecule has 0 aromatic heterocycles. The van der Waals surface area contributed by atoms with Gasteiger partial charge in [-0.3, -0.25) is 4.79 Å². The topological polar surface area (TPSA) is 26.3 Å². The highest BCUT2D eigenvalue weighted by Gasteiger charge is 2.13. The van der Waals surface area contributed by atoms with E-state index in [1.165, 1.54) is 13.2 Å². The van der Waals surface area contributed by atoms with E-state index in [9.17, 15) is 9.18 Å². The second-order valence-electron chi connectivity index (χ2n) is 2.24. The van der Waals surface area contributed by atoms with Gasteiger partial charge in [-0.25, -0.2) is 4.39 Å². The van der Waals surface area contributed by atoms with Crippen molar-refractivity contribution in [2.75, 3.05) is 7.11 Å². The average molecular weight is 223 g/mol. The zero-order chi connectivity index (χ0) is 10.0. The molecule has 0 amide bonds. The predicted octanol–water partition coefficient (Wildman–Crippen LogP) is 2.87. The number of ether oxygens (including phenoxy) is 1. The van der Waals surface area contributed by atoms with Crippen LogP contribution in [0.2, 0.25) is 5.02 Å². The Morgan fingerprint density at radius 1 is 1.54 bits per heavy atom. The summed E-state index contributed by atoms with van der Waals surface area (Å²) in [6.45, 7) is 0. The molecule has 0 fully saturated rings. The standard InChI is InChI=1S/C8H5Cl2FO2/c1-13-7-3-5(9)6(11)2-4(7)8(10)12/h2-3H,1H3. The van der Waals surface area contributed by atoms with Gasteiger partial charge in [0, 0.05) is 6.07 Å². The first kappa shape index (κ1) is 10.3. The molecule has 0 spiro atoms. The minimum absolute atomic E-state index is 0.0360. The van der Waals surface area contributed by atoms with Gasteiger partial charge in [0.1, 0.15) is 11.6 Å². The molecule has 2 nitrogen and oxygen atoms in total. The first-order valence-electron chi connectivity index (χ1n) is 3.29. The lowest BCUT2D eigenvalue weighted by molar-refractivity contribution is 0.107. The summed E-state index contributed by atoms with van der Waals surface area (Å²) < 4.78 is 17.6. The zero-order valence-electron chi connectivity index (χ0n) is 6.61. The summed E-state index contributed by atoms with van der Waals surface area (Å²) in [5, 5.41) is -0.897. The average Bonchev–Trinajstić information content (AvgIpc) is 2.08. The van der Waals surface area contributed by atoms with Crippen LogP contribution in [0, 0.1) is 5.82 Å². The van der Waals surface area contributed by atoms with Crippen LogP contribution in [-0.2, 0) is 0 Å². The van der Waals surface area contributed by atoms with E-state index in [-0.39, 0.29) is 16.3 Å². The van der Waals surface area contributed by atoms with Gasteiger partial charge in [0.15, 0.2) is 0 Å². The van der Waals surface area contributed by atoms with Crippen molar-refractivity contribution < 1.29 is 13.9 Å². The predicted molar refractivity (Wildman–Crippen MR) is 48.1 cm³/mol. The summed E-state index contributed by atoms with van der Waals surface area (Å²) in [6, 6.07) is 2.14. The summed E-state index contributed by atoms with van der Waals surface area (Å²) in [7, 11) is 1.34. The van der Waals surface area contributed by atoms with Gasteiger partial charge < -0.3 is 4.74 Å². The lowest BCUT2D eigenvalue weighted by atomic mass is 10.2. The molecule has 0 aliphatic rings. The van der Waals surface area contributed by atoms with Gasteiger partial charge in [0.2, 0.25) is 0 Å². The molecule has 0 saturated heterocycles. The van der Waals surface area contributed by atoms with Crippen LogP contribution in [0.1, 0.15) is 10.4 Å². The summed E-state index contributed by atoms with van der Waals surface area (Å²) in [6.07, 6.45) is 0. The van der Waals surface area contributed by atoms with E-state index in [0.29, 0.717) is 0 Å². The molecule has 1 aromatic carbocycles. The Morgan fingerprint density at radius 2 is 2.15 bits per heavy atom. The van der Waals surface area contributed by atoms with Crippen LogP contribution >= 0.6 is 23.2 Å². The van der Waals surface area contributed by atoms with Crippen LogP contribution in [0.4, 0.5) is 4.39 Å². The van der Waals surface area contributed by atoms with Crippen LogP contribution in [0.15, 0.2) is 12.1 Å². The first-order chi connectivity index (χ1) is 6.06. The third-order valence-corrected chi connectivity index (χ3v) is 1.95. The lowest BCUT2D eigenvalue weighted by Gasteiger charge is -2.05. The summed E-state index contributed by atoms with van der Waals surface area (Å²) in [4.78, 5) is 10.8. The Morgan fingerprint density at radius 3 is 2.62 bits per heavy atom. The molecule has 0 aliphatic heterocycles. The molecule has 0 atom stereocenters.